The minimum Gasteiger partial charge on any atom is -0.366 e. The number of nitrogens with one attached hydrogen (secondary N) is 1. The highest BCUT2D eigenvalue weighted by Crippen LogP contribution is 1.85. The zero-order valence-corrected chi connectivity index (χ0v) is 6.30. The molecule has 0 aliphatic rings. The lowest BCUT2D eigenvalue weighted by Gasteiger charge is -2.00. The molecule has 0 fully saturated rings. The Bertz CT molecular complexity index is 78.1. The number of nitroso groups, excluding NO2 is 1. The predicted octanol–water partition coefficient (Wildman–Crippen LogP) is 1.07. The SMILES string of the molecule is CCCCOCNCN=O. The maximum absolute atomic E-state index is 9.53. The van der Waals surface area contributed by atoms with E-state index in [1.807, 2.05) is 0 Å². The highest BCUT2D eigenvalue weighted by molar-refractivity contribution is 4.34. The van der Waals surface area contributed by atoms with Crippen LogP contribution in [0.2, 0.25) is 0 Å². The summed E-state index contributed by atoms with van der Waals surface area (Å²) >= 11 is 0. The highest BCUT2D eigenvalue weighted by atomic mass is 16.5. The van der Waals surface area contributed by atoms with E-state index in [0.29, 0.717) is 6.73 Å². The topological polar surface area (TPSA) is 50.7 Å². The Morgan fingerprint density at radius 1 is 1.60 bits per heavy atom. The van der Waals surface area contributed by atoms with Crippen LogP contribution in [0.3, 0.4) is 0 Å². The number of nitrogens with zero attached hydrogens (tertiary/aromatic N) is 1. The Kier molecular flexibility index (Phi) is 8.11. The smallest absolute Gasteiger partial charge is 0.133 e. The van der Waals surface area contributed by atoms with Gasteiger partial charge in [0.25, 0.3) is 0 Å². The van der Waals surface area contributed by atoms with Crippen molar-refractivity contribution >= 4 is 0 Å². The van der Waals surface area contributed by atoms with Gasteiger partial charge in [0, 0.05) is 6.61 Å². The summed E-state index contributed by atoms with van der Waals surface area (Å²) in [6, 6.07) is 0. The molecule has 0 rings (SSSR count). The largest absolute Gasteiger partial charge is 0.366 e. The van der Waals surface area contributed by atoms with E-state index in [1.54, 1.807) is 0 Å². The molecule has 10 heavy (non-hydrogen) atoms. The summed E-state index contributed by atoms with van der Waals surface area (Å²) in [7, 11) is 0. The fourth-order valence-electron chi connectivity index (χ4n) is 0.482. The molecular formula is C6H14N2O2. The van der Waals surface area contributed by atoms with Crippen LogP contribution >= 0.6 is 0 Å². The third kappa shape index (κ3) is 7.52. The molecule has 0 spiro atoms. The molecule has 0 aromatic rings. The first kappa shape index (κ1) is 9.52. The molecule has 0 aromatic heterocycles. The van der Waals surface area contributed by atoms with Crippen LogP contribution in [0.15, 0.2) is 5.18 Å². The Balaban J connectivity index is 2.70. The third-order valence-corrected chi connectivity index (χ3v) is 1.02. The average molecular weight is 146 g/mol. The maximum Gasteiger partial charge on any atom is 0.133 e. The van der Waals surface area contributed by atoms with E-state index in [9.17, 15) is 4.91 Å². The highest BCUT2D eigenvalue weighted by Gasteiger charge is 1.84. The van der Waals surface area contributed by atoms with Gasteiger partial charge in [0.15, 0.2) is 0 Å². The van der Waals surface area contributed by atoms with Crippen LogP contribution in [-0.4, -0.2) is 20.0 Å². The van der Waals surface area contributed by atoms with E-state index in [1.165, 1.54) is 0 Å². The number of ether oxygens (including phenoxy) is 1. The van der Waals surface area contributed by atoms with E-state index in [2.05, 4.69) is 17.4 Å². The first-order valence-electron chi connectivity index (χ1n) is 3.49. The van der Waals surface area contributed by atoms with Gasteiger partial charge in [0.2, 0.25) is 0 Å². The maximum atomic E-state index is 9.53. The summed E-state index contributed by atoms with van der Waals surface area (Å²) in [5.41, 5.74) is 0. The van der Waals surface area contributed by atoms with Gasteiger partial charge in [-0.15, -0.1) is 4.91 Å². The molecule has 0 amide bonds. The van der Waals surface area contributed by atoms with Crippen molar-refractivity contribution in [1.29, 1.82) is 0 Å². The summed E-state index contributed by atoms with van der Waals surface area (Å²) in [5.74, 6) is 0. The Labute approximate surface area is 60.9 Å². The molecule has 0 aromatic carbocycles. The van der Waals surface area contributed by atoms with Gasteiger partial charge in [-0.1, -0.05) is 18.5 Å². The molecule has 1 N–H and O–H groups in total. The fraction of sp³-hybridized carbons (Fsp3) is 1.00. The second kappa shape index (κ2) is 8.52. The van der Waals surface area contributed by atoms with Crippen LogP contribution in [0.4, 0.5) is 0 Å². The van der Waals surface area contributed by atoms with E-state index in [-0.39, 0.29) is 6.67 Å². The number of rotatable bonds is 7. The fourth-order valence-corrected chi connectivity index (χ4v) is 0.482. The Hall–Kier alpha value is -0.480. The van der Waals surface area contributed by atoms with Crippen molar-refractivity contribution in [2.75, 3.05) is 20.0 Å². The molecule has 0 saturated carbocycles. The van der Waals surface area contributed by atoms with Gasteiger partial charge in [-0.05, 0) is 6.42 Å². The number of hydrogen-bond donors (Lipinski definition) is 1. The molecule has 0 radical (unpaired) electrons. The minimum absolute atomic E-state index is 0.131. The van der Waals surface area contributed by atoms with Crippen molar-refractivity contribution in [3.63, 3.8) is 0 Å². The second-order valence-electron chi connectivity index (χ2n) is 1.94. The molecule has 0 aliphatic heterocycles. The lowest BCUT2D eigenvalue weighted by Crippen LogP contribution is -2.17. The van der Waals surface area contributed by atoms with Crippen molar-refractivity contribution in [2.24, 2.45) is 5.18 Å². The monoisotopic (exact) mass is 146 g/mol. The van der Waals surface area contributed by atoms with Gasteiger partial charge in [0.1, 0.15) is 6.67 Å². The van der Waals surface area contributed by atoms with Gasteiger partial charge in [-0.25, -0.2) is 0 Å². The van der Waals surface area contributed by atoms with Gasteiger partial charge in [-0.2, -0.15) is 0 Å². The molecule has 0 heterocycles. The summed E-state index contributed by atoms with van der Waals surface area (Å²) < 4.78 is 5.07. The van der Waals surface area contributed by atoms with E-state index < -0.39 is 0 Å². The zero-order chi connectivity index (χ0) is 7.66. The lowest BCUT2D eigenvalue weighted by atomic mass is 10.4. The molecule has 4 nitrogen and oxygen atoms in total. The van der Waals surface area contributed by atoms with Gasteiger partial charge < -0.3 is 4.74 Å². The summed E-state index contributed by atoms with van der Waals surface area (Å²) in [6.07, 6.45) is 2.20. The van der Waals surface area contributed by atoms with E-state index in [4.69, 9.17) is 4.74 Å². The van der Waals surface area contributed by atoms with Crippen molar-refractivity contribution in [3.8, 4) is 0 Å². The number of unbranched alkanes of at least 4 members (excludes halogenated alkanes) is 1. The molecular weight excluding hydrogens is 132 g/mol. The molecule has 0 aliphatic carbocycles. The first-order chi connectivity index (χ1) is 4.91. The van der Waals surface area contributed by atoms with Crippen LogP contribution < -0.4 is 5.32 Å². The summed E-state index contributed by atoms with van der Waals surface area (Å²) in [6.45, 7) is 3.41. The summed E-state index contributed by atoms with van der Waals surface area (Å²) in [5, 5.41) is 5.30. The number of hydrogen-bond acceptors (Lipinski definition) is 4. The Morgan fingerprint density at radius 3 is 3.00 bits per heavy atom. The normalized spacial score (nSPS) is 9.70. The van der Waals surface area contributed by atoms with E-state index in [0.717, 1.165) is 19.4 Å². The average Bonchev–Trinajstić information content (AvgIpc) is 1.97. The molecule has 0 saturated heterocycles. The third-order valence-electron chi connectivity index (χ3n) is 1.02. The van der Waals surface area contributed by atoms with Crippen LogP contribution in [0, 0.1) is 4.91 Å². The van der Waals surface area contributed by atoms with Crippen molar-refractivity contribution in [3.05, 3.63) is 4.91 Å². The molecule has 0 atom stereocenters. The van der Waals surface area contributed by atoms with Crippen LogP contribution in [0.5, 0.6) is 0 Å². The van der Waals surface area contributed by atoms with E-state index >= 15 is 0 Å². The molecule has 0 unspecified atom stereocenters. The Morgan fingerprint density at radius 2 is 2.40 bits per heavy atom. The summed E-state index contributed by atoms with van der Waals surface area (Å²) in [4.78, 5) is 9.53. The zero-order valence-electron chi connectivity index (χ0n) is 6.30. The van der Waals surface area contributed by atoms with Crippen molar-refractivity contribution < 1.29 is 4.74 Å². The molecule has 0 bridgehead atoms. The lowest BCUT2D eigenvalue weighted by molar-refractivity contribution is 0.115. The van der Waals surface area contributed by atoms with Crippen LogP contribution in [-0.2, 0) is 4.74 Å². The predicted molar refractivity (Wildman–Crippen MR) is 39.5 cm³/mol. The first-order valence-corrected chi connectivity index (χ1v) is 3.49. The molecule has 4 heteroatoms. The molecule has 60 valence electrons. The van der Waals surface area contributed by atoms with Crippen LogP contribution in [0.1, 0.15) is 19.8 Å². The van der Waals surface area contributed by atoms with Gasteiger partial charge >= 0.3 is 0 Å². The second-order valence-corrected chi connectivity index (χ2v) is 1.94. The quantitative estimate of drug-likeness (QED) is 0.332. The van der Waals surface area contributed by atoms with Crippen LogP contribution in [0.25, 0.3) is 0 Å². The van der Waals surface area contributed by atoms with Gasteiger partial charge in [0.05, 0.1) is 6.73 Å². The standard InChI is InChI=1S/C6H14N2O2/c1-2-3-4-10-6-7-5-8-9/h7H,2-6H2,1H3. The van der Waals surface area contributed by atoms with Crippen molar-refractivity contribution in [1.82, 2.24) is 5.32 Å². The van der Waals surface area contributed by atoms with Crippen molar-refractivity contribution in [2.45, 2.75) is 19.8 Å². The minimum atomic E-state index is 0.131. The van der Waals surface area contributed by atoms with Gasteiger partial charge in [-0.3, -0.25) is 5.32 Å².